The molecule has 11 heteroatoms. The van der Waals surface area contributed by atoms with Crippen molar-refractivity contribution in [2.24, 2.45) is 5.92 Å². The lowest BCUT2D eigenvalue weighted by Gasteiger charge is -2.35. The van der Waals surface area contributed by atoms with Crippen LogP contribution in [0.1, 0.15) is 41.6 Å². The van der Waals surface area contributed by atoms with Crippen molar-refractivity contribution in [3.63, 3.8) is 0 Å². The van der Waals surface area contributed by atoms with E-state index in [4.69, 9.17) is 0 Å². The summed E-state index contributed by atoms with van der Waals surface area (Å²) in [5, 5.41) is 5.61. The molecule has 2 amide bonds. The van der Waals surface area contributed by atoms with Gasteiger partial charge in [-0.3, -0.25) is 9.59 Å². The average Bonchev–Trinajstić information content (AvgIpc) is 3.58. The van der Waals surface area contributed by atoms with Gasteiger partial charge in [-0.15, -0.1) is 0 Å². The summed E-state index contributed by atoms with van der Waals surface area (Å²) in [6, 6.07) is 3.37. The Morgan fingerprint density at radius 3 is 2.39 bits per heavy atom. The summed E-state index contributed by atoms with van der Waals surface area (Å²) in [5.41, 5.74) is -2.09. The normalized spacial score (nSPS) is 18.0. The topological polar surface area (TPSA) is 87.2 Å². The van der Waals surface area contributed by atoms with Gasteiger partial charge >= 0.3 is 6.18 Å². The van der Waals surface area contributed by atoms with Crippen LogP contribution in [0.15, 0.2) is 36.9 Å². The molecule has 2 heterocycles. The fourth-order valence-electron chi connectivity index (χ4n) is 4.08. The molecule has 7 nitrogen and oxygen atoms in total. The van der Waals surface area contributed by atoms with E-state index in [9.17, 15) is 27.2 Å². The SMILES string of the molecule is O=C(NC1(C(=O)NCC2CCN(c3cccc(F)c3C(F)(F)F)CC2)CC1)c1cncnc1. The van der Waals surface area contributed by atoms with Crippen molar-refractivity contribution in [2.45, 2.75) is 37.4 Å². The zero-order valence-corrected chi connectivity index (χ0v) is 17.7. The minimum atomic E-state index is -4.78. The van der Waals surface area contributed by atoms with E-state index in [0.29, 0.717) is 45.3 Å². The summed E-state index contributed by atoms with van der Waals surface area (Å²) < 4.78 is 53.8. The van der Waals surface area contributed by atoms with Gasteiger partial charge in [0.05, 0.1) is 11.3 Å². The van der Waals surface area contributed by atoms with Crippen LogP contribution in [0.5, 0.6) is 0 Å². The number of nitrogens with zero attached hydrogens (tertiary/aromatic N) is 3. The largest absolute Gasteiger partial charge is 0.421 e. The number of nitrogens with one attached hydrogen (secondary N) is 2. The quantitative estimate of drug-likeness (QED) is 0.641. The van der Waals surface area contributed by atoms with E-state index in [-0.39, 0.29) is 23.1 Å². The first kappa shape index (κ1) is 22.9. The number of aromatic nitrogens is 2. The van der Waals surface area contributed by atoms with Crippen molar-refractivity contribution in [1.29, 1.82) is 0 Å². The third-order valence-corrected chi connectivity index (χ3v) is 6.14. The van der Waals surface area contributed by atoms with Crippen LogP contribution in [-0.2, 0) is 11.0 Å². The third-order valence-electron chi connectivity index (χ3n) is 6.14. The minimum absolute atomic E-state index is 0.0714. The molecule has 2 aromatic rings. The highest BCUT2D eigenvalue weighted by Crippen LogP contribution is 2.40. The second-order valence-electron chi connectivity index (χ2n) is 8.44. The van der Waals surface area contributed by atoms with Gasteiger partial charge in [0.1, 0.15) is 23.2 Å². The molecule has 33 heavy (non-hydrogen) atoms. The van der Waals surface area contributed by atoms with Crippen molar-refractivity contribution in [2.75, 3.05) is 24.5 Å². The van der Waals surface area contributed by atoms with Gasteiger partial charge in [-0.05, 0) is 43.7 Å². The molecule has 2 fully saturated rings. The van der Waals surface area contributed by atoms with E-state index in [1.807, 2.05) is 0 Å². The van der Waals surface area contributed by atoms with E-state index in [2.05, 4.69) is 20.6 Å². The molecule has 0 spiro atoms. The smallest absolute Gasteiger partial charge is 0.371 e. The summed E-state index contributed by atoms with van der Waals surface area (Å²) in [6.07, 6.45) is 1.41. The van der Waals surface area contributed by atoms with Crippen LogP contribution in [0.2, 0.25) is 0 Å². The molecule has 2 N–H and O–H groups in total. The summed E-state index contributed by atoms with van der Waals surface area (Å²) in [5.74, 6) is -1.91. The predicted octanol–water partition coefficient (Wildman–Crippen LogP) is 2.93. The third kappa shape index (κ3) is 5.07. The number of halogens is 4. The number of alkyl halides is 3. The molecule has 0 bridgehead atoms. The second kappa shape index (κ2) is 8.95. The van der Waals surface area contributed by atoms with Crippen LogP contribution in [-0.4, -0.2) is 47.0 Å². The zero-order chi connectivity index (χ0) is 23.6. The zero-order valence-electron chi connectivity index (χ0n) is 17.7. The Kier molecular flexibility index (Phi) is 6.22. The molecule has 1 aromatic carbocycles. The van der Waals surface area contributed by atoms with E-state index >= 15 is 0 Å². The molecule has 1 aliphatic carbocycles. The predicted molar refractivity (Wildman–Crippen MR) is 111 cm³/mol. The van der Waals surface area contributed by atoms with E-state index in [0.717, 1.165) is 6.07 Å². The summed E-state index contributed by atoms with van der Waals surface area (Å²) in [7, 11) is 0. The summed E-state index contributed by atoms with van der Waals surface area (Å²) >= 11 is 0. The van der Waals surface area contributed by atoms with Gasteiger partial charge in [0.25, 0.3) is 5.91 Å². The fraction of sp³-hybridized carbons (Fsp3) is 0.455. The van der Waals surface area contributed by atoms with Gasteiger partial charge in [0.15, 0.2) is 0 Å². The highest BCUT2D eigenvalue weighted by Gasteiger charge is 2.51. The lowest BCUT2D eigenvalue weighted by molar-refractivity contribution is -0.139. The maximum atomic E-state index is 13.9. The number of piperidine rings is 1. The van der Waals surface area contributed by atoms with Gasteiger partial charge < -0.3 is 15.5 Å². The molecule has 1 aliphatic heterocycles. The van der Waals surface area contributed by atoms with E-state index < -0.39 is 29.0 Å². The maximum Gasteiger partial charge on any atom is 0.421 e. The Hall–Kier alpha value is -3.24. The first-order chi connectivity index (χ1) is 15.7. The van der Waals surface area contributed by atoms with Gasteiger partial charge in [0.2, 0.25) is 5.91 Å². The lowest BCUT2D eigenvalue weighted by Crippen LogP contribution is -2.50. The van der Waals surface area contributed by atoms with Crippen LogP contribution >= 0.6 is 0 Å². The molecule has 1 saturated heterocycles. The van der Waals surface area contributed by atoms with Crippen LogP contribution < -0.4 is 15.5 Å². The Labute approximate surface area is 187 Å². The Morgan fingerprint density at radius 2 is 1.79 bits per heavy atom. The van der Waals surface area contributed by atoms with Crippen LogP contribution in [0, 0.1) is 11.7 Å². The van der Waals surface area contributed by atoms with Crippen molar-refractivity contribution < 1.29 is 27.2 Å². The minimum Gasteiger partial charge on any atom is -0.371 e. The van der Waals surface area contributed by atoms with Crippen molar-refractivity contribution in [3.05, 3.63) is 53.9 Å². The molecule has 4 rings (SSSR count). The van der Waals surface area contributed by atoms with Crippen molar-refractivity contribution in [3.8, 4) is 0 Å². The molecular weight excluding hydrogens is 442 g/mol. The molecule has 0 atom stereocenters. The molecule has 2 aliphatic rings. The van der Waals surface area contributed by atoms with Crippen molar-refractivity contribution in [1.82, 2.24) is 20.6 Å². The summed E-state index contributed by atoms with van der Waals surface area (Å²) in [4.78, 5) is 34.1. The molecule has 0 unspecified atom stereocenters. The lowest BCUT2D eigenvalue weighted by atomic mass is 9.95. The Balaban J connectivity index is 1.30. The first-order valence-electron chi connectivity index (χ1n) is 10.7. The van der Waals surface area contributed by atoms with Gasteiger partial charge in [-0.1, -0.05) is 6.07 Å². The van der Waals surface area contributed by atoms with Crippen LogP contribution in [0.25, 0.3) is 0 Å². The molecular formula is C22H23F4N5O2. The number of hydrogen-bond donors (Lipinski definition) is 2. The number of hydrogen-bond acceptors (Lipinski definition) is 5. The average molecular weight is 465 g/mol. The first-order valence-corrected chi connectivity index (χ1v) is 10.7. The van der Waals surface area contributed by atoms with Gasteiger partial charge in [0, 0.05) is 32.0 Å². The van der Waals surface area contributed by atoms with E-state index in [1.165, 1.54) is 35.8 Å². The second-order valence-corrected chi connectivity index (χ2v) is 8.44. The molecule has 1 aromatic heterocycles. The Morgan fingerprint density at radius 1 is 1.12 bits per heavy atom. The van der Waals surface area contributed by atoms with Gasteiger partial charge in [-0.2, -0.15) is 13.2 Å². The van der Waals surface area contributed by atoms with Crippen LogP contribution in [0.4, 0.5) is 23.2 Å². The summed E-state index contributed by atoms with van der Waals surface area (Å²) in [6.45, 7) is 1.000. The number of carbonyl (C=O) groups is 2. The highest BCUT2D eigenvalue weighted by molar-refractivity contribution is 6.00. The number of rotatable bonds is 6. The number of amides is 2. The maximum absolute atomic E-state index is 13.9. The molecule has 176 valence electrons. The standard InChI is InChI=1S/C22H23F4N5O2/c23-16-2-1-3-17(18(16)22(24,25)26)31-8-4-14(5-9-31)10-29-20(33)21(6-7-21)30-19(32)15-11-27-13-28-12-15/h1-3,11-14H,4-10H2,(H,29,33)(H,30,32). The number of benzene rings is 1. The fourth-order valence-corrected chi connectivity index (χ4v) is 4.08. The van der Waals surface area contributed by atoms with Crippen LogP contribution in [0.3, 0.4) is 0 Å². The van der Waals surface area contributed by atoms with E-state index in [1.54, 1.807) is 0 Å². The molecule has 1 saturated carbocycles. The number of carbonyl (C=O) groups excluding carboxylic acids is 2. The van der Waals surface area contributed by atoms with Gasteiger partial charge in [-0.25, -0.2) is 14.4 Å². The Bertz CT molecular complexity index is 1020. The molecule has 0 radical (unpaired) electrons. The highest BCUT2D eigenvalue weighted by atomic mass is 19.4. The number of anilines is 1. The monoisotopic (exact) mass is 465 g/mol. The van der Waals surface area contributed by atoms with Crippen molar-refractivity contribution >= 4 is 17.5 Å².